The lowest BCUT2D eigenvalue weighted by atomic mass is 10.3. The molecule has 1 aromatic carbocycles. The minimum atomic E-state index is 0.00589. The first kappa shape index (κ1) is 20.4. The number of benzene rings is 1. The van der Waals surface area contributed by atoms with Gasteiger partial charge < -0.3 is 24.8 Å². The van der Waals surface area contributed by atoms with Crippen LogP contribution < -0.4 is 20.1 Å². The van der Waals surface area contributed by atoms with Crippen molar-refractivity contribution in [1.82, 2.24) is 10.6 Å². The molecule has 0 radical (unpaired) electrons. The molecular formula is C20H33N3O3. The summed E-state index contributed by atoms with van der Waals surface area (Å²) < 4.78 is 17.0. The fourth-order valence-electron chi connectivity index (χ4n) is 2.99. The van der Waals surface area contributed by atoms with Gasteiger partial charge >= 0.3 is 0 Å². The van der Waals surface area contributed by atoms with Crippen LogP contribution >= 0.6 is 0 Å². The van der Waals surface area contributed by atoms with E-state index in [1.807, 2.05) is 31.2 Å². The number of hydrogen-bond donors (Lipinski definition) is 2. The summed E-state index contributed by atoms with van der Waals surface area (Å²) in [5, 5.41) is 6.61. The van der Waals surface area contributed by atoms with Gasteiger partial charge in [-0.15, -0.1) is 0 Å². The lowest BCUT2D eigenvalue weighted by Crippen LogP contribution is -2.42. The van der Waals surface area contributed by atoms with E-state index < -0.39 is 0 Å². The van der Waals surface area contributed by atoms with Crippen LogP contribution in [-0.2, 0) is 4.74 Å². The van der Waals surface area contributed by atoms with Gasteiger partial charge in [0.2, 0.25) is 0 Å². The Kier molecular flexibility index (Phi) is 9.10. The third kappa shape index (κ3) is 7.52. The maximum absolute atomic E-state index is 5.91. The zero-order valence-electron chi connectivity index (χ0n) is 16.3. The van der Waals surface area contributed by atoms with Gasteiger partial charge in [0.25, 0.3) is 0 Å². The molecule has 0 saturated heterocycles. The molecular weight excluding hydrogens is 330 g/mol. The van der Waals surface area contributed by atoms with Gasteiger partial charge in [-0.3, -0.25) is 4.99 Å². The van der Waals surface area contributed by atoms with Gasteiger partial charge in [0.1, 0.15) is 17.6 Å². The minimum Gasteiger partial charge on any atom is -0.497 e. The minimum absolute atomic E-state index is 0.00589. The van der Waals surface area contributed by atoms with E-state index in [0.717, 1.165) is 37.0 Å². The fraction of sp³-hybridized carbons (Fsp3) is 0.650. The number of rotatable bonds is 10. The Labute approximate surface area is 157 Å². The Bertz CT molecular complexity index is 545. The summed E-state index contributed by atoms with van der Waals surface area (Å²) in [7, 11) is 3.43. The van der Waals surface area contributed by atoms with E-state index >= 15 is 0 Å². The monoisotopic (exact) mass is 363 g/mol. The lowest BCUT2D eigenvalue weighted by Gasteiger charge is -2.18. The Balaban J connectivity index is 1.59. The molecule has 1 aromatic rings. The molecule has 6 nitrogen and oxygen atoms in total. The quantitative estimate of drug-likeness (QED) is 0.380. The molecule has 26 heavy (non-hydrogen) atoms. The molecule has 2 rings (SSSR count). The highest BCUT2D eigenvalue weighted by Crippen LogP contribution is 2.21. The second kappa shape index (κ2) is 11.6. The number of aliphatic imine (C=N–C) groups is 1. The average molecular weight is 364 g/mol. The highest BCUT2D eigenvalue weighted by Gasteiger charge is 2.14. The van der Waals surface area contributed by atoms with E-state index in [1.54, 1.807) is 14.2 Å². The Morgan fingerprint density at radius 3 is 2.73 bits per heavy atom. The molecule has 0 spiro atoms. The van der Waals surface area contributed by atoms with Gasteiger partial charge in [-0.1, -0.05) is 18.9 Å². The van der Waals surface area contributed by atoms with Crippen LogP contribution in [0.25, 0.3) is 0 Å². The highest BCUT2D eigenvalue weighted by molar-refractivity contribution is 5.79. The average Bonchev–Trinajstić information content (AvgIpc) is 3.17. The van der Waals surface area contributed by atoms with Crippen LogP contribution in [0.15, 0.2) is 29.3 Å². The molecule has 0 heterocycles. The topological polar surface area (TPSA) is 64.1 Å². The van der Waals surface area contributed by atoms with Crippen LogP contribution in [0.4, 0.5) is 0 Å². The molecule has 6 heteroatoms. The molecule has 146 valence electrons. The molecule has 1 saturated carbocycles. The molecule has 2 N–H and O–H groups in total. The summed E-state index contributed by atoms with van der Waals surface area (Å²) in [5.74, 6) is 2.37. The Morgan fingerprint density at radius 2 is 2.00 bits per heavy atom. The van der Waals surface area contributed by atoms with E-state index in [4.69, 9.17) is 14.2 Å². The van der Waals surface area contributed by atoms with Crippen molar-refractivity contribution in [3.8, 4) is 11.5 Å². The Morgan fingerprint density at radius 1 is 1.23 bits per heavy atom. The molecule has 1 aliphatic carbocycles. The summed E-state index contributed by atoms with van der Waals surface area (Å²) in [6.07, 6.45) is 6.55. The van der Waals surface area contributed by atoms with Crippen LogP contribution in [0.3, 0.4) is 0 Å². The summed E-state index contributed by atoms with van der Waals surface area (Å²) in [6, 6.07) is 7.63. The van der Waals surface area contributed by atoms with Crippen molar-refractivity contribution in [2.45, 2.75) is 51.2 Å². The second-order valence-electron chi connectivity index (χ2n) is 6.62. The summed E-state index contributed by atoms with van der Waals surface area (Å²) in [4.78, 5) is 4.25. The predicted octanol–water partition coefficient (Wildman–Crippen LogP) is 2.98. The highest BCUT2D eigenvalue weighted by atomic mass is 16.5. The third-order valence-electron chi connectivity index (χ3n) is 4.43. The molecule has 1 fully saturated rings. The van der Waals surface area contributed by atoms with Crippen molar-refractivity contribution in [1.29, 1.82) is 0 Å². The molecule has 0 aromatic heterocycles. The molecule has 1 unspecified atom stereocenters. The molecule has 0 bridgehead atoms. The van der Waals surface area contributed by atoms with Crippen LogP contribution in [0.1, 0.15) is 39.0 Å². The SMILES string of the molecule is CN=C(NCCCOC1CCCC1)NCC(C)Oc1cccc(OC)c1. The van der Waals surface area contributed by atoms with Crippen molar-refractivity contribution < 1.29 is 14.2 Å². The van der Waals surface area contributed by atoms with Gasteiger partial charge in [0, 0.05) is 26.3 Å². The van der Waals surface area contributed by atoms with Crippen molar-refractivity contribution in [2.75, 3.05) is 33.9 Å². The number of nitrogens with zero attached hydrogens (tertiary/aromatic N) is 1. The second-order valence-corrected chi connectivity index (χ2v) is 6.62. The van der Waals surface area contributed by atoms with E-state index in [9.17, 15) is 0 Å². The van der Waals surface area contributed by atoms with Crippen LogP contribution in [0, 0.1) is 0 Å². The predicted molar refractivity (Wildman–Crippen MR) is 105 cm³/mol. The smallest absolute Gasteiger partial charge is 0.191 e. The first-order valence-electron chi connectivity index (χ1n) is 9.58. The van der Waals surface area contributed by atoms with Gasteiger partial charge in [-0.2, -0.15) is 0 Å². The first-order chi connectivity index (χ1) is 12.7. The fourth-order valence-corrected chi connectivity index (χ4v) is 2.99. The van der Waals surface area contributed by atoms with Crippen molar-refractivity contribution in [3.63, 3.8) is 0 Å². The summed E-state index contributed by atoms with van der Waals surface area (Å²) in [6.45, 7) is 4.34. The van der Waals surface area contributed by atoms with Gasteiger partial charge in [-0.05, 0) is 38.3 Å². The van der Waals surface area contributed by atoms with E-state index in [-0.39, 0.29) is 6.10 Å². The van der Waals surface area contributed by atoms with Crippen molar-refractivity contribution in [2.24, 2.45) is 4.99 Å². The first-order valence-corrected chi connectivity index (χ1v) is 9.58. The molecule has 1 atom stereocenters. The summed E-state index contributed by atoms with van der Waals surface area (Å²) >= 11 is 0. The van der Waals surface area contributed by atoms with Crippen LogP contribution in [0.5, 0.6) is 11.5 Å². The number of methoxy groups -OCH3 is 1. The van der Waals surface area contributed by atoms with Crippen LogP contribution in [0.2, 0.25) is 0 Å². The lowest BCUT2D eigenvalue weighted by molar-refractivity contribution is 0.0574. The van der Waals surface area contributed by atoms with Gasteiger partial charge in [0.15, 0.2) is 5.96 Å². The largest absolute Gasteiger partial charge is 0.497 e. The third-order valence-corrected chi connectivity index (χ3v) is 4.43. The zero-order chi connectivity index (χ0) is 18.6. The van der Waals surface area contributed by atoms with Crippen LogP contribution in [-0.4, -0.2) is 52.0 Å². The zero-order valence-corrected chi connectivity index (χ0v) is 16.3. The van der Waals surface area contributed by atoms with E-state index in [1.165, 1.54) is 25.7 Å². The summed E-state index contributed by atoms with van der Waals surface area (Å²) in [5.41, 5.74) is 0. The molecule has 1 aliphatic rings. The van der Waals surface area contributed by atoms with Crippen molar-refractivity contribution in [3.05, 3.63) is 24.3 Å². The molecule has 0 amide bonds. The number of nitrogens with one attached hydrogen (secondary N) is 2. The standard InChI is InChI=1S/C20H33N3O3/c1-16(26-19-11-6-10-18(14-19)24-3)15-23-20(21-2)22-12-7-13-25-17-8-4-5-9-17/h6,10-11,14,16-17H,4-5,7-9,12-13,15H2,1-3H3,(H2,21,22,23). The molecule has 0 aliphatic heterocycles. The maximum Gasteiger partial charge on any atom is 0.191 e. The van der Waals surface area contributed by atoms with E-state index in [0.29, 0.717) is 12.6 Å². The maximum atomic E-state index is 5.91. The number of ether oxygens (including phenoxy) is 3. The Hall–Kier alpha value is -1.95. The van der Waals surface area contributed by atoms with Gasteiger partial charge in [-0.25, -0.2) is 0 Å². The number of guanidine groups is 1. The number of hydrogen-bond acceptors (Lipinski definition) is 4. The van der Waals surface area contributed by atoms with E-state index in [2.05, 4.69) is 15.6 Å². The normalized spacial score (nSPS) is 16.3. The van der Waals surface area contributed by atoms with Gasteiger partial charge in [0.05, 0.1) is 19.8 Å². The van der Waals surface area contributed by atoms with Crippen molar-refractivity contribution >= 4 is 5.96 Å².